The molecule has 1 aromatic carbocycles. The lowest BCUT2D eigenvalue weighted by molar-refractivity contribution is -0.124. The molecule has 0 saturated carbocycles. The molecule has 0 fully saturated rings. The summed E-state index contributed by atoms with van der Waals surface area (Å²) in [5, 5.41) is 20.5. The highest BCUT2D eigenvalue weighted by molar-refractivity contribution is 5.98. The number of benzene rings is 1. The van der Waals surface area contributed by atoms with Gasteiger partial charge in [-0.05, 0) is 44.0 Å². The summed E-state index contributed by atoms with van der Waals surface area (Å²) in [6.45, 7) is 4.62. The van der Waals surface area contributed by atoms with Crippen LogP contribution in [0.3, 0.4) is 0 Å². The number of anilines is 3. The molecule has 2 rings (SSSR count). The van der Waals surface area contributed by atoms with Gasteiger partial charge in [0.2, 0.25) is 17.8 Å². The van der Waals surface area contributed by atoms with Crippen LogP contribution in [-0.2, 0) is 4.79 Å². The van der Waals surface area contributed by atoms with Crippen molar-refractivity contribution in [3.8, 4) is 0 Å². The van der Waals surface area contributed by atoms with Crippen LogP contribution in [0.5, 0.6) is 0 Å². The predicted molar refractivity (Wildman–Crippen MR) is 134 cm³/mol. The highest BCUT2D eigenvalue weighted by atomic mass is 16.4. The van der Waals surface area contributed by atoms with Crippen LogP contribution in [0.25, 0.3) is 0 Å². The van der Waals surface area contributed by atoms with E-state index in [2.05, 4.69) is 31.2 Å². The van der Waals surface area contributed by atoms with E-state index in [1.807, 2.05) is 6.92 Å². The van der Waals surface area contributed by atoms with Crippen LogP contribution in [0.2, 0.25) is 0 Å². The lowest BCUT2D eigenvalue weighted by Crippen LogP contribution is -2.45. The Bertz CT molecular complexity index is 1080. The van der Waals surface area contributed by atoms with Gasteiger partial charge in [0.05, 0.1) is 0 Å². The first kappa shape index (κ1) is 27.8. The summed E-state index contributed by atoms with van der Waals surface area (Å²) in [5.74, 6) is -0.698. The molecule has 0 aliphatic rings. The molecule has 7 N–H and O–H groups in total. The summed E-state index contributed by atoms with van der Waals surface area (Å²) < 4.78 is 0. The number of rotatable bonds is 13. The van der Waals surface area contributed by atoms with Gasteiger partial charge in [-0.3, -0.25) is 19.3 Å². The van der Waals surface area contributed by atoms with Gasteiger partial charge in [0.1, 0.15) is 17.4 Å². The van der Waals surface area contributed by atoms with Crippen LogP contribution in [0, 0.1) is 0 Å². The number of nitrogens with one attached hydrogen (secondary N) is 4. The van der Waals surface area contributed by atoms with Crippen molar-refractivity contribution in [2.45, 2.75) is 32.7 Å². The zero-order chi connectivity index (χ0) is 26.7. The molecule has 4 amide bonds. The molecule has 1 aromatic heterocycles. The van der Waals surface area contributed by atoms with E-state index in [9.17, 15) is 19.2 Å². The third-order valence-corrected chi connectivity index (χ3v) is 5.20. The molecule has 0 bridgehead atoms. The highest BCUT2D eigenvalue weighted by Gasteiger charge is 2.21. The van der Waals surface area contributed by atoms with Gasteiger partial charge in [0, 0.05) is 44.1 Å². The molecule has 36 heavy (non-hydrogen) atoms. The van der Waals surface area contributed by atoms with Gasteiger partial charge in [-0.1, -0.05) is 6.92 Å². The number of aromatic nitrogens is 2. The summed E-state index contributed by atoms with van der Waals surface area (Å²) in [6.07, 6.45) is 1.48. The van der Waals surface area contributed by atoms with E-state index in [1.165, 1.54) is 20.2 Å². The number of hydrogen-bond acceptors (Lipinski definition) is 8. The maximum Gasteiger partial charge on any atom is 0.407 e. The van der Waals surface area contributed by atoms with E-state index in [0.717, 1.165) is 11.3 Å². The van der Waals surface area contributed by atoms with Gasteiger partial charge in [0.15, 0.2) is 0 Å². The number of nitrogens with zero attached hydrogens (tertiary/aromatic N) is 3. The standard InChI is InChI=1S/C23H32N8O5/c1-4-10-25-19-17(13-28-22(30-19)29-16-8-6-15(7-9-16)18(24)32)21(34)27-12-5-11-26-20(33)14(2)31(3)23(35)36/h6-9,13-14H,4-5,10-12H2,1-3H3,(H2,24,32)(H,26,33)(H,27,34)(H,35,36)(H2,25,28,29,30). The minimum absolute atomic E-state index is 0.263. The maximum atomic E-state index is 12.7. The smallest absolute Gasteiger partial charge is 0.407 e. The topological polar surface area (TPSA) is 192 Å². The zero-order valence-corrected chi connectivity index (χ0v) is 20.5. The molecule has 13 heteroatoms. The normalized spacial score (nSPS) is 11.2. The summed E-state index contributed by atoms with van der Waals surface area (Å²) in [4.78, 5) is 56.4. The van der Waals surface area contributed by atoms with Crippen molar-refractivity contribution in [2.24, 2.45) is 5.73 Å². The van der Waals surface area contributed by atoms with Crippen LogP contribution in [0.1, 0.15) is 47.4 Å². The van der Waals surface area contributed by atoms with Crippen LogP contribution in [0.15, 0.2) is 30.5 Å². The number of hydrogen-bond donors (Lipinski definition) is 6. The van der Waals surface area contributed by atoms with E-state index < -0.39 is 23.9 Å². The Balaban J connectivity index is 1.94. The van der Waals surface area contributed by atoms with Crippen molar-refractivity contribution in [1.82, 2.24) is 25.5 Å². The number of carbonyl (C=O) groups excluding carboxylic acids is 3. The summed E-state index contributed by atoms with van der Waals surface area (Å²) in [6, 6.07) is 5.67. The molecule has 0 radical (unpaired) electrons. The number of carbonyl (C=O) groups is 4. The number of amides is 4. The van der Waals surface area contributed by atoms with Crippen LogP contribution in [0.4, 0.5) is 22.2 Å². The third kappa shape index (κ3) is 8.11. The molecule has 0 aliphatic heterocycles. The SMILES string of the molecule is CCCNc1nc(Nc2ccc(C(N)=O)cc2)ncc1C(=O)NCCCNC(=O)C(C)N(C)C(=O)O. The Kier molecular flexibility index (Phi) is 10.4. The Hall–Kier alpha value is -4.42. The molecular weight excluding hydrogens is 468 g/mol. The van der Waals surface area contributed by atoms with Gasteiger partial charge in [-0.25, -0.2) is 9.78 Å². The van der Waals surface area contributed by atoms with Crippen molar-refractivity contribution in [3.63, 3.8) is 0 Å². The lowest BCUT2D eigenvalue weighted by atomic mass is 10.2. The Morgan fingerprint density at radius 1 is 1.08 bits per heavy atom. The third-order valence-electron chi connectivity index (χ3n) is 5.20. The molecular formula is C23H32N8O5. The molecule has 0 aliphatic carbocycles. The summed E-state index contributed by atoms with van der Waals surface area (Å²) in [7, 11) is 1.32. The lowest BCUT2D eigenvalue weighted by Gasteiger charge is -2.20. The first-order valence-corrected chi connectivity index (χ1v) is 11.4. The van der Waals surface area contributed by atoms with Crippen LogP contribution >= 0.6 is 0 Å². The Morgan fingerprint density at radius 2 is 1.75 bits per heavy atom. The summed E-state index contributed by atoms with van der Waals surface area (Å²) >= 11 is 0. The Morgan fingerprint density at radius 3 is 2.36 bits per heavy atom. The van der Waals surface area contributed by atoms with E-state index in [0.29, 0.717) is 30.0 Å². The van der Waals surface area contributed by atoms with Crippen molar-refractivity contribution < 1.29 is 24.3 Å². The van der Waals surface area contributed by atoms with Gasteiger partial charge in [-0.2, -0.15) is 4.98 Å². The number of primary amides is 1. The minimum atomic E-state index is -1.19. The second kappa shape index (κ2) is 13.5. The molecule has 1 heterocycles. The maximum absolute atomic E-state index is 12.7. The number of carboxylic acid groups (broad SMARTS) is 1. The van der Waals surface area contributed by atoms with E-state index >= 15 is 0 Å². The van der Waals surface area contributed by atoms with Crippen molar-refractivity contribution in [2.75, 3.05) is 37.3 Å². The van der Waals surface area contributed by atoms with Crippen molar-refractivity contribution >= 4 is 41.3 Å². The second-order valence-corrected chi connectivity index (χ2v) is 7.92. The van der Waals surface area contributed by atoms with Gasteiger partial charge >= 0.3 is 6.09 Å². The fourth-order valence-corrected chi connectivity index (χ4v) is 2.92. The predicted octanol–water partition coefficient (Wildman–Crippen LogP) is 1.38. The molecule has 1 atom stereocenters. The molecule has 1 unspecified atom stereocenters. The Labute approximate surface area is 208 Å². The van der Waals surface area contributed by atoms with E-state index in [1.54, 1.807) is 24.3 Å². The molecule has 13 nitrogen and oxygen atoms in total. The largest absolute Gasteiger partial charge is 0.465 e. The van der Waals surface area contributed by atoms with Crippen LogP contribution < -0.4 is 27.0 Å². The number of likely N-dealkylation sites (N-methyl/N-ethyl adjacent to an activating group) is 1. The quantitative estimate of drug-likeness (QED) is 0.220. The molecule has 194 valence electrons. The van der Waals surface area contributed by atoms with Gasteiger partial charge < -0.3 is 32.1 Å². The fraction of sp³-hybridized carbons (Fsp3) is 0.391. The van der Waals surface area contributed by atoms with Crippen LogP contribution in [-0.4, -0.2) is 76.5 Å². The second-order valence-electron chi connectivity index (χ2n) is 7.92. The van der Waals surface area contributed by atoms with Crippen molar-refractivity contribution in [3.05, 3.63) is 41.6 Å². The van der Waals surface area contributed by atoms with Gasteiger partial charge in [0.25, 0.3) is 5.91 Å². The monoisotopic (exact) mass is 500 g/mol. The minimum Gasteiger partial charge on any atom is -0.465 e. The first-order chi connectivity index (χ1) is 17.1. The van der Waals surface area contributed by atoms with Gasteiger partial charge in [-0.15, -0.1) is 0 Å². The first-order valence-electron chi connectivity index (χ1n) is 11.4. The molecule has 0 saturated heterocycles. The molecule has 0 spiro atoms. The average Bonchev–Trinajstić information content (AvgIpc) is 2.86. The van der Waals surface area contributed by atoms with Crippen molar-refractivity contribution in [1.29, 1.82) is 0 Å². The summed E-state index contributed by atoms with van der Waals surface area (Å²) in [5.41, 5.74) is 6.54. The number of nitrogens with two attached hydrogens (primary N) is 1. The molecule has 2 aromatic rings. The zero-order valence-electron chi connectivity index (χ0n) is 20.5. The fourth-order valence-electron chi connectivity index (χ4n) is 2.92. The van der Waals surface area contributed by atoms with E-state index in [4.69, 9.17) is 10.8 Å². The average molecular weight is 501 g/mol. The highest BCUT2D eigenvalue weighted by Crippen LogP contribution is 2.18. The van der Waals surface area contributed by atoms with E-state index in [-0.39, 0.29) is 30.5 Å².